The summed E-state index contributed by atoms with van der Waals surface area (Å²) in [5.41, 5.74) is 28.6. The number of nitrogens with zero attached hydrogens (tertiary/aromatic N) is 1. The van der Waals surface area contributed by atoms with Crippen LogP contribution in [-0.4, -0.2) is 209 Å². The zero-order valence-electron chi connectivity index (χ0n) is 57.6. The molecule has 0 aliphatic carbocycles. The second kappa shape index (κ2) is 42.3. The third-order valence-corrected chi connectivity index (χ3v) is 15.9. The van der Waals surface area contributed by atoms with Gasteiger partial charge in [0.15, 0.2) is 0 Å². The van der Waals surface area contributed by atoms with Gasteiger partial charge in [-0.25, -0.2) is 0 Å². The Morgan fingerprint density at radius 1 is 0.505 bits per heavy atom. The van der Waals surface area contributed by atoms with Gasteiger partial charge >= 0.3 is 0 Å². The van der Waals surface area contributed by atoms with Crippen molar-refractivity contribution in [2.24, 2.45) is 40.5 Å². The molecule has 1 aliphatic rings. The molecule has 17 amide bonds. The molecule has 3 rings (SSSR count). The van der Waals surface area contributed by atoms with Crippen molar-refractivity contribution in [2.45, 2.75) is 185 Å². The zero-order valence-corrected chi connectivity index (χ0v) is 57.6. The van der Waals surface area contributed by atoms with Crippen molar-refractivity contribution in [1.29, 1.82) is 0 Å². The predicted molar refractivity (Wildman–Crippen MR) is 361 cm³/mol. The lowest BCUT2D eigenvalue weighted by molar-refractivity contribution is -0.143. The monoisotopic (exact) mass is 1420 g/mol. The molecule has 1 aliphatic heterocycles. The molecule has 0 bridgehead atoms. The summed E-state index contributed by atoms with van der Waals surface area (Å²) < 4.78 is 0. The van der Waals surface area contributed by atoms with Crippen LogP contribution in [0.5, 0.6) is 0 Å². The quantitative estimate of drug-likeness (QED) is 0.0274. The summed E-state index contributed by atoms with van der Waals surface area (Å²) in [6.45, 7) is 8.36. The highest BCUT2D eigenvalue weighted by Crippen LogP contribution is 2.22. The summed E-state index contributed by atoms with van der Waals surface area (Å²) in [7, 11) is 0. The molecule has 12 atom stereocenters. The Hall–Kier alpha value is -10.7. The number of unbranched alkanes of at least 4 members (excludes halogenated alkanes) is 1. The number of nitrogens with one attached hydrogen (secondary N) is 12. The number of amides is 17. The summed E-state index contributed by atoms with van der Waals surface area (Å²) in [6.07, 6.45) is -0.143. The second-order valence-corrected chi connectivity index (χ2v) is 24.9. The summed E-state index contributed by atoms with van der Waals surface area (Å²) in [6, 6.07) is -0.657. The SMILES string of the molecule is C[CH]C(NC(=O)C1CCCN1C(=O)C(NC(=O)C(Cc1ccccc1)NC(=O)C(CC(N)=O)NC(=O)C(CC(N)=O)NC(C)=O)C(C)C)C(=O)NC(CC(N)=O)C(=O)NC(C(=O)NCC(=O)NC(CO)C(=O)NC(CCCCN)C(=O)NC(C)C(=O)NC(Cc1ccccc1)C(N)=O)C(C)C. The van der Waals surface area contributed by atoms with E-state index in [1.165, 1.54) is 39.0 Å². The Bertz CT molecular complexity index is 3250. The molecule has 0 saturated carbocycles. The van der Waals surface area contributed by atoms with Gasteiger partial charge in [-0.15, -0.1) is 0 Å². The molecule has 2 aromatic rings. The van der Waals surface area contributed by atoms with Gasteiger partial charge in [0.05, 0.1) is 32.4 Å². The fraction of sp³-hybridized carbons (Fsp3) is 0.538. The first kappa shape index (κ1) is 84.6. The highest BCUT2D eigenvalue weighted by Gasteiger charge is 2.42. The maximum atomic E-state index is 14.5. The van der Waals surface area contributed by atoms with E-state index < -0.39 is 217 Å². The minimum Gasteiger partial charge on any atom is -0.394 e. The summed E-state index contributed by atoms with van der Waals surface area (Å²) >= 11 is 0. The average molecular weight is 1420 g/mol. The Morgan fingerprint density at radius 3 is 1.44 bits per heavy atom. The molecule has 36 heteroatoms. The standard InChI is InChI=1S/C65H97N18O18/c1-8-39(75-63(99)47-23-17-25-83(47)65(101)53(34(4)5)82-60(96)42(27-38-20-13-10-14-21-38)78-59(95)44(29-49(68)87)80-58(94)43(28-48(67)86)73-36(7)85)56(92)79-45(30-50(69)88)61(97)81-52(33(2)3)64(100)71-31-51(89)74-46(32-84)62(98)76-40(22-15-16-24-66)57(93)72-35(6)55(91)77-41(54(70)90)26-37-18-11-9-12-19-37/h8-14,18-21,33-35,39-47,52-53,84H,15-17,22-32,66H2,1-7H3,(H2,67,86)(H2,68,87)(H2,69,88)(H2,70,90)(H,71,100)(H,72,93)(H,73,85)(H,74,89)(H,75,99)(H,76,98)(H,77,91)(H,78,95)(H,79,92)(H,80,94)(H,81,97)(H,82,96). The van der Waals surface area contributed by atoms with Crippen molar-refractivity contribution in [2.75, 3.05) is 26.2 Å². The van der Waals surface area contributed by atoms with E-state index in [2.05, 4.69) is 63.8 Å². The van der Waals surface area contributed by atoms with Crippen LogP contribution in [0.2, 0.25) is 0 Å². The molecule has 1 heterocycles. The van der Waals surface area contributed by atoms with Crippen LogP contribution in [0.4, 0.5) is 0 Å². The van der Waals surface area contributed by atoms with E-state index in [-0.39, 0.29) is 45.2 Å². The van der Waals surface area contributed by atoms with E-state index in [9.17, 15) is 86.6 Å². The molecular weight excluding hydrogens is 1320 g/mol. The molecule has 2 aromatic carbocycles. The molecule has 555 valence electrons. The van der Waals surface area contributed by atoms with Crippen LogP contribution in [0.15, 0.2) is 60.7 Å². The van der Waals surface area contributed by atoms with Crippen molar-refractivity contribution in [3.05, 3.63) is 78.2 Å². The Labute approximate surface area is 583 Å². The second-order valence-electron chi connectivity index (χ2n) is 24.9. The van der Waals surface area contributed by atoms with Crippen LogP contribution in [0.1, 0.15) is 111 Å². The van der Waals surface area contributed by atoms with Crippen LogP contribution in [-0.2, 0) is 94.3 Å². The maximum absolute atomic E-state index is 14.5. The minimum absolute atomic E-state index is 0.00123. The molecular formula is C65H97N18O18. The topological polar surface area (TPSA) is 588 Å². The Balaban J connectivity index is 1.71. The average Bonchev–Trinajstić information content (AvgIpc) is 1.74. The van der Waals surface area contributed by atoms with E-state index in [4.69, 9.17) is 28.7 Å². The van der Waals surface area contributed by atoms with Crippen LogP contribution in [0.25, 0.3) is 0 Å². The first-order chi connectivity index (χ1) is 47.6. The minimum atomic E-state index is -1.78. The van der Waals surface area contributed by atoms with Crippen molar-refractivity contribution < 1.29 is 86.6 Å². The largest absolute Gasteiger partial charge is 0.394 e. The fourth-order valence-electron chi connectivity index (χ4n) is 10.4. The van der Waals surface area contributed by atoms with Crippen LogP contribution in [0, 0.1) is 18.3 Å². The number of carbonyl (C=O) groups is 17. The highest BCUT2D eigenvalue weighted by molar-refractivity contribution is 6.01. The van der Waals surface area contributed by atoms with E-state index in [1.807, 2.05) is 0 Å². The van der Waals surface area contributed by atoms with Gasteiger partial charge in [0.25, 0.3) is 0 Å². The van der Waals surface area contributed by atoms with Crippen molar-refractivity contribution in [3.63, 3.8) is 0 Å². The lowest BCUT2D eigenvalue weighted by atomic mass is 9.99. The first-order valence-electron chi connectivity index (χ1n) is 32.8. The molecule has 1 radical (unpaired) electrons. The summed E-state index contributed by atoms with van der Waals surface area (Å²) in [5.74, 6) is -17.6. The van der Waals surface area contributed by atoms with Gasteiger partial charge in [-0.3, -0.25) is 81.5 Å². The molecule has 12 unspecified atom stereocenters. The van der Waals surface area contributed by atoms with E-state index in [1.54, 1.807) is 74.5 Å². The third kappa shape index (κ3) is 29.0. The number of aliphatic hydroxyl groups excluding tert-OH is 1. The van der Waals surface area contributed by atoms with Crippen LogP contribution in [0.3, 0.4) is 0 Å². The van der Waals surface area contributed by atoms with Crippen molar-refractivity contribution in [1.82, 2.24) is 68.7 Å². The molecule has 36 nitrogen and oxygen atoms in total. The van der Waals surface area contributed by atoms with Crippen LogP contribution < -0.4 is 92.5 Å². The van der Waals surface area contributed by atoms with E-state index in [0.717, 1.165) is 6.92 Å². The number of likely N-dealkylation sites (tertiary alicyclic amines) is 1. The number of hydrogen-bond donors (Lipinski definition) is 18. The number of rotatable bonds is 43. The van der Waals surface area contributed by atoms with Gasteiger partial charge in [-0.05, 0) is 75.0 Å². The fourth-order valence-corrected chi connectivity index (χ4v) is 10.4. The number of nitrogens with two attached hydrogens (primary N) is 5. The van der Waals surface area contributed by atoms with E-state index >= 15 is 0 Å². The Morgan fingerprint density at radius 2 is 0.950 bits per heavy atom. The smallest absolute Gasteiger partial charge is 0.246 e. The van der Waals surface area contributed by atoms with Gasteiger partial charge in [0.1, 0.15) is 72.5 Å². The van der Waals surface area contributed by atoms with E-state index in [0.29, 0.717) is 24.0 Å². The van der Waals surface area contributed by atoms with Crippen LogP contribution >= 0.6 is 0 Å². The van der Waals surface area contributed by atoms with Gasteiger partial charge in [0, 0.05) is 26.3 Å². The molecule has 1 fully saturated rings. The summed E-state index contributed by atoms with van der Waals surface area (Å²) in [5, 5.41) is 39.1. The zero-order chi connectivity index (χ0) is 75.8. The van der Waals surface area contributed by atoms with Crippen molar-refractivity contribution in [3.8, 4) is 0 Å². The Kier molecular flexibility index (Phi) is 35.5. The molecule has 1 saturated heterocycles. The lowest BCUT2D eigenvalue weighted by Gasteiger charge is -2.32. The van der Waals surface area contributed by atoms with Gasteiger partial charge < -0.3 is 102 Å². The predicted octanol–water partition coefficient (Wildman–Crippen LogP) is -7.28. The summed E-state index contributed by atoms with van der Waals surface area (Å²) in [4.78, 5) is 227. The third-order valence-electron chi connectivity index (χ3n) is 15.9. The number of carbonyl (C=O) groups excluding carboxylic acids is 17. The first-order valence-corrected chi connectivity index (χ1v) is 32.8. The normalized spacial score (nSPS) is 15.8. The maximum Gasteiger partial charge on any atom is 0.246 e. The van der Waals surface area contributed by atoms with Gasteiger partial charge in [-0.2, -0.15) is 0 Å². The van der Waals surface area contributed by atoms with Crippen molar-refractivity contribution >= 4 is 100 Å². The van der Waals surface area contributed by atoms with Gasteiger partial charge in [-0.1, -0.05) is 95.3 Å². The number of benzene rings is 2. The number of hydrogen-bond acceptors (Lipinski definition) is 19. The highest BCUT2D eigenvalue weighted by atomic mass is 16.3. The molecule has 0 aromatic heterocycles. The molecule has 101 heavy (non-hydrogen) atoms. The number of aliphatic hydroxyl groups is 1. The molecule has 23 N–H and O–H groups in total. The number of primary amides is 4. The lowest BCUT2D eigenvalue weighted by Crippen LogP contribution is -2.61. The molecule has 0 spiro atoms. The van der Waals surface area contributed by atoms with Gasteiger partial charge in [0.2, 0.25) is 100 Å².